The molecule has 0 N–H and O–H groups in total. The molecule has 1 fully saturated rings. The third-order valence-corrected chi connectivity index (χ3v) is 5.05. The highest BCUT2D eigenvalue weighted by Gasteiger charge is 2.22. The SMILES string of the molecule is COc1ccc(C)cc1C(=O)CCC(=O)N1CCN(c2ccc(F)cc2)CC1. The number of rotatable bonds is 6. The first-order chi connectivity index (χ1) is 13.5. The van der Waals surface area contributed by atoms with E-state index >= 15 is 0 Å². The van der Waals surface area contributed by atoms with Crippen LogP contribution in [0.4, 0.5) is 10.1 Å². The molecule has 0 radical (unpaired) electrons. The van der Waals surface area contributed by atoms with E-state index in [9.17, 15) is 14.0 Å². The van der Waals surface area contributed by atoms with Crippen LogP contribution in [0.25, 0.3) is 0 Å². The number of benzene rings is 2. The number of amides is 1. The van der Waals surface area contributed by atoms with Crippen molar-refractivity contribution in [3.63, 3.8) is 0 Å². The number of anilines is 1. The standard InChI is InChI=1S/C22H25FN2O3/c1-16-3-9-21(28-2)19(15-16)20(26)8-10-22(27)25-13-11-24(12-14-25)18-6-4-17(23)5-7-18/h3-7,9,15H,8,10-14H2,1-2H3. The lowest BCUT2D eigenvalue weighted by molar-refractivity contribution is -0.131. The number of nitrogens with zero attached hydrogens (tertiary/aromatic N) is 2. The van der Waals surface area contributed by atoms with Crippen molar-refractivity contribution < 1.29 is 18.7 Å². The van der Waals surface area contributed by atoms with E-state index in [2.05, 4.69) is 4.90 Å². The second-order valence-electron chi connectivity index (χ2n) is 6.97. The predicted octanol–water partition coefficient (Wildman–Crippen LogP) is 3.45. The Kier molecular flexibility index (Phi) is 6.29. The zero-order valence-corrected chi connectivity index (χ0v) is 16.3. The van der Waals surface area contributed by atoms with Gasteiger partial charge in [0.2, 0.25) is 5.91 Å². The third kappa shape index (κ3) is 4.68. The summed E-state index contributed by atoms with van der Waals surface area (Å²) >= 11 is 0. The topological polar surface area (TPSA) is 49.9 Å². The van der Waals surface area contributed by atoms with Gasteiger partial charge in [-0.2, -0.15) is 0 Å². The molecule has 1 aliphatic rings. The molecule has 3 rings (SSSR count). The number of hydrogen-bond acceptors (Lipinski definition) is 4. The lowest BCUT2D eigenvalue weighted by Gasteiger charge is -2.36. The molecule has 0 aliphatic carbocycles. The van der Waals surface area contributed by atoms with Gasteiger partial charge in [-0.05, 0) is 43.3 Å². The van der Waals surface area contributed by atoms with E-state index in [1.54, 1.807) is 29.2 Å². The molecule has 1 heterocycles. The molecule has 148 valence electrons. The second kappa shape index (κ2) is 8.87. The number of aryl methyl sites for hydroxylation is 1. The molecule has 1 amide bonds. The molecular weight excluding hydrogens is 359 g/mol. The highest BCUT2D eigenvalue weighted by molar-refractivity contribution is 6.00. The minimum atomic E-state index is -0.257. The fourth-order valence-corrected chi connectivity index (χ4v) is 3.42. The molecule has 6 heteroatoms. The number of carbonyl (C=O) groups excluding carboxylic acids is 2. The summed E-state index contributed by atoms with van der Waals surface area (Å²) in [6, 6.07) is 11.9. The first-order valence-corrected chi connectivity index (χ1v) is 9.44. The van der Waals surface area contributed by atoms with Crippen molar-refractivity contribution in [2.24, 2.45) is 0 Å². The molecule has 2 aromatic carbocycles. The highest BCUT2D eigenvalue weighted by Crippen LogP contribution is 2.22. The maximum atomic E-state index is 13.1. The monoisotopic (exact) mass is 384 g/mol. The Labute approximate surface area is 164 Å². The Balaban J connectivity index is 1.51. The average Bonchev–Trinajstić information content (AvgIpc) is 2.72. The zero-order chi connectivity index (χ0) is 20.1. The van der Waals surface area contributed by atoms with Gasteiger partial charge < -0.3 is 14.5 Å². The normalized spacial score (nSPS) is 14.1. The highest BCUT2D eigenvalue weighted by atomic mass is 19.1. The van der Waals surface area contributed by atoms with Gasteiger partial charge in [0, 0.05) is 44.7 Å². The Morgan fingerprint density at radius 2 is 1.68 bits per heavy atom. The van der Waals surface area contributed by atoms with Crippen molar-refractivity contribution in [1.29, 1.82) is 0 Å². The summed E-state index contributed by atoms with van der Waals surface area (Å²) in [5.41, 5.74) is 2.46. The van der Waals surface area contributed by atoms with Gasteiger partial charge in [-0.1, -0.05) is 11.6 Å². The Bertz CT molecular complexity index is 843. The Morgan fingerprint density at radius 3 is 2.32 bits per heavy atom. The van der Waals surface area contributed by atoms with Crippen molar-refractivity contribution in [2.75, 3.05) is 38.2 Å². The van der Waals surface area contributed by atoms with Crippen LogP contribution in [0.2, 0.25) is 0 Å². The van der Waals surface area contributed by atoms with E-state index in [-0.39, 0.29) is 30.3 Å². The minimum Gasteiger partial charge on any atom is -0.496 e. The average molecular weight is 384 g/mol. The van der Waals surface area contributed by atoms with Crippen molar-refractivity contribution in [3.05, 3.63) is 59.4 Å². The number of halogens is 1. The maximum Gasteiger partial charge on any atom is 0.223 e. The molecule has 1 aliphatic heterocycles. The number of carbonyl (C=O) groups is 2. The van der Waals surface area contributed by atoms with Crippen LogP contribution >= 0.6 is 0 Å². The summed E-state index contributed by atoms with van der Waals surface area (Å²) in [5.74, 6) is 0.181. The van der Waals surface area contributed by atoms with Crippen LogP contribution in [-0.4, -0.2) is 49.9 Å². The molecule has 1 saturated heterocycles. The van der Waals surface area contributed by atoms with Crippen LogP contribution in [0.1, 0.15) is 28.8 Å². The smallest absolute Gasteiger partial charge is 0.223 e. The van der Waals surface area contributed by atoms with E-state index in [1.807, 2.05) is 13.0 Å². The quantitative estimate of drug-likeness (QED) is 0.716. The number of ether oxygens (including phenoxy) is 1. The molecule has 0 aromatic heterocycles. The number of ketones is 1. The fraction of sp³-hybridized carbons (Fsp3) is 0.364. The van der Waals surface area contributed by atoms with Crippen LogP contribution in [0.3, 0.4) is 0 Å². The first-order valence-electron chi connectivity index (χ1n) is 9.44. The van der Waals surface area contributed by atoms with Gasteiger partial charge in [0.15, 0.2) is 5.78 Å². The van der Waals surface area contributed by atoms with Crippen LogP contribution in [0, 0.1) is 12.7 Å². The van der Waals surface area contributed by atoms with Gasteiger partial charge in [0.05, 0.1) is 12.7 Å². The van der Waals surface area contributed by atoms with E-state index in [1.165, 1.54) is 19.2 Å². The Hall–Kier alpha value is -2.89. The summed E-state index contributed by atoms with van der Waals surface area (Å²) in [4.78, 5) is 29.0. The number of methoxy groups -OCH3 is 1. The van der Waals surface area contributed by atoms with Gasteiger partial charge in [0.1, 0.15) is 11.6 Å². The first kappa shape index (κ1) is 19.9. The van der Waals surface area contributed by atoms with Gasteiger partial charge in [-0.3, -0.25) is 9.59 Å². The zero-order valence-electron chi connectivity index (χ0n) is 16.3. The van der Waals surface area contributed by atoms with Crippen LogP contribution in [-0.2, 0) is 4.79 Å². The number of piperazine rings is 1. The lowest BCUT2D eigenvalue weighted by atomic mass is 10.0. The van der Waals surface area contributed by atoms with Gasteiger partial charge in [-0.15, -0.1) is 0 Å². The van der Waals surface area contributed by atoms with Crippen molar-refractivity contribution in [1.82, 2.24) is 4.90 Å². The second-order valence-corrected chi connectivity index (χ2v) is 6.97. The van der Waals surface area contributed by atoms with Gasteiger partial charge in [0.25, 0.3) is 0 Å². The molecule has 5 nitrogen and oxygen atoms in total. The van der Waals surface area contributed by atoms with Crippen molar-refractivity contribution in [3.8, 4) is 5.75 Å². The summed E-state index contributed by atoms with van der Waals surface area (Å²) in [6.07, 6.45) is 0.350. The number of Topliss-reactive ketones (excluding diaryl/α,β-unsaturated/α-hetero) is 1. The van der Waals surface area contributed by atoms with Gasteiger partial charge >= 0.3 is 0 Å². The maximum absolute atomic E-state index is 13.1. The molecule has 0 unspecified atom stereocenters. The fourth-order valence-electron chi connectivity index (χ4n) is 3.42. The summed E-state index contributed by atoms with van der Waals surface area (Å²) in [5, 5.41) is 0. The molecule has 28 heavy (non-hydrogen) atoms. The predicted molar refractivity (Wildman–Crippen MR) is 106 cm³/mol. The van der Waals surface area contributed by atoms with Crippen molar-refractivity contribution >= 4 is 17.4 Å². The lowest BCUT2D eigenvalue weighted by Crippen LogP contribution is -2.48. The molecular formula is C22H25FN2O3. The van der Waals surface area contributed by atoms with Crippen LogP contribution in [0.15, 0.2) is 42.5 Å². The summed E-state index contributed by atoms with van der Waals surface area (Å²) < 4.78 is 18.3. The molecule has 0 spiro atoms. The van der Waals surface area contributed by atoms with E-state index < -0.39 is 0 Å². The third-order valence-electron chi connectivity index (χ3n) is 5.05. The summed E-state index contributed by atoms with van der Waals surface area (Å²) in [6.45, 7) is 4.49. The van der Waals surface area contributed by atoms with Gasteiger partial charge in [-0.25, -0.2) is 4.39 Å². The Morgan fingerprint density at radius 1 is 1.00 bits per heavy atom. The number of hydrogen-bond donors (Lipinski definition) is 0. The summed E-state index contributed by atoms with van der Waals surface area (Å²) in [7, 11) is 1.53. The molecule has 2 aromatic rings. The van der Waals surface area contributed by atoms with Crippen LogP contribution < -0.4 is 9.64 Å². The van der Waals surface area contributed by atoms with Crippen molar-refractivity contribution in [2.45, 2.75) is 19.8 Å². The van der Waals surface area contributed by atoms with E-state index in [0.717, 1.165) is 11.3 Å². The molecule has 0 saturated carbocycles. The molecule has 0 bridgehead atoms. The van der Waals surface area contributed by atoms with E-state index in [4.69, 9.17) is 4.74 Å². The van der Waals surface area contributed by atoms with E-state index in [0.29, 0.717) is 37.5 Å². The molecule has 0 atom stereocenters. The minimum absolute atomic E-state index is 0.0151. The van der Waals surface area contributed by atoms with Crippen LogP contribution in [0.5, 0.6) is 5.75 Å². The largest absolute Gasteiger partial charge is 0.496 e.